The number of para-hydroxylation sites is 1. The van der Waals surface area contributed by atoms with Crippen LogP contribution in [-0.4, -0.2) is 43.1 Å². The Balaban J connectivity index is 2.11. The van der Waals surface area contributed by atoms with Crippen molar-refractivity contribution in [3.63, 3.8) is 0 Å². The topological polar surface area (TPSA) is 92.3 Å². The number of carbonyl (C=O) groups excluding carboxylic acids is 1. The predicted molar refractivity (Wildman–Crippen MR) is 106 cm³/mol. The van der Waals surface area contributed by atoms with Crippen LogP contribution >= 0.6 is 39.0 Å². The third-order valence-electron chi connectivity index (χ3n) is 2.79. The maximum atomic E-state index is 12.3. The molecule has 1 aromatic carbocycles. The number of amides is 1. The third-order valence-corrected chi connectivity index (χ3v) is 6.55. The number of aromatic nitrogens is 2. The molecular weight excluding hydrogens is 448 g/mol. The fourth-order valence-corrected chi connectivity index (χ4v) is 4.79. The van der Waals surface area contributed by atoms with Crippen molar-refractivity contribution in [1.29, 1.82) is 0 Å². The highest BCUT2D eigenvalue weighted by atomic mass is 79.9. The zero-order valence-corrected chi connectivity index (χ0v) is 17.2. The third kappa shape index (κ3) is 5.80. The predicted octanol–water partition coefficient (Wildman–Crippen LogP) is 2.98. The summed E-state index contributed by atoms with van der Waals surface area (Å²) in [5.41, 5.74) is 0.389. The zero-order chi connectivity index (χ0) is 18.4. The number of benzene rings is 1. The first-order valence-electron chi connectivity index (χ1n) is 6.90. The highest BCUT2D eigenvalue weighted by Gasteiger charge is 2.23. The average Bonchev–Trinajstić information content (AvgIpc) is 2.98. The molecule has 2 aromatic rings. The van der Waals surface area contributed by atoms with Gasteiger partial charge in [0.25, 0.3) is 0 Å². The van der Waals surface area contributed by atoms with E-state index in [2.05, 4.69) is 38.0 Å². The van der Waals surface area contributed by atoms with E-state index in [1.54, 1.807) is 30.3 Å². The Morgan fingerprint density at radius 3 is 2.80 bits per heavy atom. The number of nitrogens with zero attached hydrogens (tertiary/aromatic N) is 3. The normalized spacial score (nSPS) is 11.1. The SMILES string of the molecule is C=CCSc1nnc(NC(=O)CN(c2ccccc2Br)S(C)(=O)=O)s1. The molecule has 2 rings (SSSR count). The summed E-state index contributed by atoms with van der Waals surface area (Å²) >= 11 is 5.97. The lowest BCUT2D eigenvalue weighted by atomic mass is 10.3. The second-order valence-corrected chi connectivity index (χ2v) is 9.75. The molecular formula is C14H15BrN4O3S3. The largest absolute Gasteiger partial charge is 0.299 e. The number of sulfonamides is 1. The van der Waals surface area contributed by atoms with E-state index in [-0.39, 0.29) is 6.54 Å². The van der Waals surface area contributed by atoms with E-state index in [0.29, 0.717) is 25.4 Å². The van der Waals surface area contributed by atoms with Crippen molar-refractivity contribution in [2.45, 2.75) is 4.34 Å². The Morgan fingerprint density at radius 2 is 2.16 bits per heavy atom. The van der Waals surface area contributed by atoms with Gasteiger partial charge in [-0.25, -0.2) is 8.42 Å². The number of anilines is 2. The molecule has 1 N–H and O–H groups in total. The first kappa shape index (κ1) is 19.9. The molecule has 1 heterocycles. The van der Waals surface area contributed by atoms with Gasteiger partial charge in [0.05, 0.1) is 11.9 Å². The van der Waals surface area contributed by atoms with E-state index in [9.17, 15) is 13.2 Å². The fourth-order valence-electron chi connectivity index (χ4n) is 1.77. The van der Waals surface area contributed by atoms with E-state index in [0.717, 1.165) is 10.6 Å². The number of hydrogen-bond acceptors (Lipinski definition) is 7. The van der Waals surface area contributed by atoms with Crippen molar-refractivity contribution in [2.24, 2.45) is 0 Å². The number of nitrogens with one attached hydrogen (secondary N) is 1. The molecule has 0 saturated carbocycles. The van der Waals surface area contributed by atoms with E-state index < -0.39 is 15.9 Å². The van der Waals surface area contributed by atoms with Gasteiger partial charge in [0.1, 0.15) is 6.54 Å². The van der Waals surface area contributed by atoms with Gasteiger partial charge in [-0.05, 0) is 28.1 Å². The van der Waals surface area contributed by atoms with Crippen LogP contribution in [0.3, 0.4) is 0 Å². The lowest BCUT2D eigenvalue weighted by Gasteiger charge is -2.22. The van der Waals surface area contributed by atoms with Crippen LogP contribution in [0, 0.1) is 0 Å². The lowest BCUT2D eigenvalue weighted by molar-refractivity contribution is -0.114. The molecule has 0 saturated heterocycles. The number of carbonyl (C=O) groups is 1. The van der Waals surface area contributed by atoms with Gasteiger partial charge in [-0.2, -0.15) is 0 Å². The number of rotatable bonds is 8. The number of thioether (sulfide) groups is 1. The van der Waals surface area contributed by atoms with Crippen LogP contribution in [0.1, 0.15) is 0 Å². The minimum Gasteiger partial charge on any atom is -0.299 e. The van der Waals surface area contributed by atoms with Crippen molar-refractivity contribution >= 4 is 65.8 Å². The summed E-state index contributed by atoms with van der Waals surface area (Å²) in [5.74, 6) is 0.185. The standard InChI is InChI=1S/C14H15BrN4O3S3/c1-3-8-23-14-18-17-13(24-14)16-12(20)9-19(25(2,21)22)11-7-5-4-6-10(11)15/h3-7H,1,8-9H2,2H3,(H,16,17,20). The van der Waals surface area contributed by atoms with Crippen LogP contribution in [0.4, 0.5) is 10.8 Å². The van der Waals surface area contributed by atoms with Gasteiger partial charge in [-0.15, -0.1) is 16.8 Å². The lowest BCUT2D eigenvalue weighted by Crippen LogP contribution is -2.37. The summed E-state index contributed by atoms with van der Waals surface area (Å²) in [5, 5.41) is 10.7. The molecule has 0 unspecified atom stereocenters. The Bertz CT molecular complexity index is 870. The zero-order valence-electron chi connectivity index (χ0n) is 13.2. The minimum absolute atomic E-state index is 0.317. The van der Waals surface area contributed by atoms with Gasteiger partial charge in [0, 0.05) is 10.2 Å². The second kappa shape index (κ2) is 8.79. The van der Waals surface area contributed by atoms with Gasteiger partial charge < -0.3 is 0 Å². The van der Waals surface area contributed by atoms with Crippen molar-refractivity contribution in [1.82, 2.24) is 10.2 Å². The van der Waals surface area contributed by atoms with Gasteiger partial charge in [0.15, 0.2) is 4.34 Å². The van der Waals surface area contributed by atoms with Gasteiger partial charge in [0.2, 0.25) is 21.1 Å². The van der Waals surface area contributed by atoms with Crippen LogP contribution in [0.2, 0.25) is 0 Å². The quantitative estimate of drug-likeness (QED) is 0.368. The summed E-state index contributed by atoms with van der Waals surface area (Å²) in [7, 11) is -3.64. The van der Waals surface area contributed by atoms with Crippen molar-refractivity contribution in [3.05, 3.63) is 41.4 Å². The molecule has 0 aliphatic rings. The highest BCUT2D eigenvalue weighted by Crippen LogP contribution is 2.28. The molecule has 0 radical (unpaired) electrons. The molecule has 1 amide bonds. The Hall–Kier alpha value is -1.43. The monoisotopic (exact) mass is 462 g/mol. The van der Waals surface area contributed by atoms with E-state index in [1.165, 1.54) is 23.1 Å². The second-order valence-electron chi connectivity index (χ2n) is 4.74. The minimum atomic E-state index is -3.64. The van der Waals surface area contributed by atoms with Crippen LogP contribution in [0.25, 0.3) is 0 Å². The van der Waals surface area contributed by atoms with Crippen LogP contribution in [-0.2, 0) is 14.8 Å². The van der Waals surface area contributed by atoms with E-state index in [4.69, 9.17) is 0 Å². The molecule has 11 heteroatoms. The number of hydrogen-bond donors (Lipinski definition) is 1. The van der Waals surface area contributed by atoms with Gasteiger partial charge in [-0.1, -0.05) is 41.3 Å². The van der Waals surface area contributed by atoms with Gasteiger partial charge in [-0.3, -0.25) is 14.4 Å². The van der Waals surface area contributed by atoms with Crippen LogP contribution in [0.5, 0.6) is 0 Å². The maximum Gasteiger partial charge on any atom is 0.246 e. The molecule has 0 bridgehead atoms. The number of halogens is 1. The van der Waals surface area contributed by atoms with Crippen molar-refractivity contribution in [3.8, 4) is 0 Å². The van der Waals surface area contributed by atoms with Crippen LogP contribution < -0.4 is 9.62 Å². The summed E-state index contributed by atoms with van der Waals surface area (Å²) in [6.07, 6.45) is 2.79. The fraction of sp³-hybridized carbons (Fsp3) is 0.214. The van der Waals surface area contributed by atoms with Gasteiger partial charge >= 0.3 is 0 Å². The molecule has 0 fully saturated rings. The molecule has 134 valence electrons. The summed E-state index contributed by atoms with van der Waals surface area (Å²) in [6, 6.07) is 6.79. The Kier molecular flexibility index (Phi) is 6.99. The van der Waals surface area contributed by atoms with E-state index >= 15 is 0 Å². The van der Waals surface area contributed by atoms with Crippen molar-refractivity contribution < 1.29 is 13.2 Å². The smallest absolute Gasteiger partial charge is 0.246 e. The summed E-state index contributed by atoms with van der Waals surface area (Å²) in [6.45, 7) is 3.26. The first-order valence-corrected chi connectivity index (χ1v) is 11.3. The summed E-state index contributed by atoms with van der Waals surface area (Å²) < 4.78 is 26.5. The molecule has 0 spiro atoms. The Morgan fingerprint density at radius 1 is 1.44 bits per heavy atom. The first-order chi connectivity index (χ1) is 11.8. The van der Waals surface area contributed by atoms with Crippen LogP contribution in [0.15, 0.2) is 45.7 Å². The maximum absolute atomic E-state index is 12.3. The average molecular weight is 463 g/mol. The summed E-state index contributed by atoms with van der Waals surface area (Å²) in [4.78, 5) is 12.3. The molecule has 0 atom stereocenters. The van der Waals surface area contributed by atoms with E-state index in [1.807, 2.05) is 0 Å². The Labute approximate surface area is 162 Å². The van der Waals surface area contributed by atoms with Crippen molar-refractivity contribution in [2.75, 3.05) is 28.2 Å². The highest BCUT2D eigenvalue weighted by molar-refractivity contribution is 9.10. The molecule has 1 aromatic heterocycles. The molecule has 7 nitrogen and oxygen atoms in total. The molecule has 0 aliphatic heterocycles. The molecule has 0 aliphatic carbocycles. The molecule has 25 heavy (non-hydrogen) atoms.